The third-order valence-electron chi connectivity index (χ3n) is 6.21. The van der Waals surface area contributed by atoms with E-state index in [1.54, 1.807) is 38.2 Å². The molecule has 0 aliphatic carbocycles. The summed E-state index contributed by atoms with van der Waals surface area (Å²) in [6, 6.07) is 9.44. The Balaban J connectivity index is 1.38. The van der Waals surface area contributed by atoms with Gasteiger partial charge >= 0.3 is 0 Å². The predicted octanol–water partition coefficient (Wildman–Crippen LogP) is 4.82. The zero-order chi connectivity index (χ0) is 23.8. The summed E-state index contributed by atoms with van der Waals surface area (Å²) >= 11 is 12.2. The molecule has 2 amide bonds. The van der Waals surface area contributed by atoms with Crippen molar-refractivity contribution in [2.24, 2.45) is 0 Å². The van der Waals surface area contributed by atoms with Gasteiger partial charge in [-0.2, -0.15) is 0 Å². The number of piperidine rings is 1. The largest absolute Gasteiger partial charge is 0.476 e. The fourth-order valence-corrected chi connectivity index (χ4v) is 5.17. The number of nitrogens with zero attached hydrogens (tertiary/aromatic N) is 2. The minimum atomic E-state index is -1.09. The van der Waals surface area contributed by atoms with Crippen molar-refractivity contribution < 1.29 is 14.3 Å². The molecule has 3 heterocycles. The maximum atomic E-state index is 13.1. The van der Waals surface area contributed by atoms with Crippen molar-refractivity contribution in [2.45, 2.75) is 70.2 Å². The number of aromatic nitrogens is 1. The lowest BCUT2D eigenvalue weighted by Crippen LogP contribution is -2.55. The molecular weight excluding hydrogens is 463 g/mol. The number of rotatable bonds is 6. The molecule has 33 heavy (non-hydrogen) atoms. The molecule has 2 atom stereocenters. The van der Waals surface area contributed by atoms with Gasteiger partial charge in [0.2, 0.25) is 5.91 Å². The summed E-state index contributed by atoms with van der Waals surface area (Å²) in [6.45, 7) is 4.94. The zero-order valence-corrected chi connectivity index (χ0v) is 20.4. The summed E-state index contributed by atoms with van der Waals surface area (Å²) in [7, 11) is 0. The van der Waals surface area contributed by atoms with Crippen LogP contribution in [0.4, 0.5) is 11.5 Å². The van der Waals surface area contributed by atoms with Crippen LogP contribution in [0.1, 0.15) is 46.5 Å². The first-order valence-electron chi connectivity index (χ1n) is 11.1. The monoisotopic (exact) mass is 490 g/mol. The van der Waals surface area contributed by atoms with Crippen LogP contribution in [0.15, 0.2) is 36.5 Å². The zero-order valence-electron chi connectivity index (χ0n) is 18.9. The Bertz CT molecular complexity index is 1030. The highest BCUT2D eigenvalue weighted by molar-refractivity contribution is 6.35. The molecule has 0 saturated carbocycles. The van der Waals surface area contributed by atoms with E-state index >= 15 is 0 Å². The second-order valence-corrected chi connectivity index (χ2v) is 10.1. The molecular formula is C24H28Cl2N4O3. The van der Waals surface area contributed by atoms with Crippen molar-refractivity contribution in [3.63, 3.8) is 0 Å². The average Bonchev–Trinajstić information content (AvgIpc) is 3.00. The fraction of sp³-hybridized carbons (Fsp3) is 0.458. The van der Waals surface area contributed by atoms with Crippen molar-refractivity contribution in [1.82, 2.24) is 10.3 Å². The molecule has 1 aromatic heterocycles. The second-order valence-electron chi connectivity index (χ2n) is 9.21. The third-order valence-corrected chi connectivity index (χ3v) is 6.74. The van der Waals surface area contributed by atoms with Crippen molar-refractivity contribution in [3.8, 4) is 5.75 Å². The van der Waals surface area contributed by atoms with Crippen LogP contribution in [-0.4, -0.2) is 40.5 Å². The van der Waals surface area contributed by atoms with Crippen LogP contribution in [0.2, 0.25) is 10.0 Å². The number of carbonyl (C=O) groups excluding carboxylic acids is 2. The highest BCUT2D eigenvalue weighted by Crippen LogP contribution is 2.39. The first kappa shape index (κ1) is 23.6. The highest BCUT2D eigenvalue weighted by atomic mass is 35.5. The summed E-state index contributed by atoms with van der Waals surface area (Å²) in [4.78, 5) is 31.2. The lowest BCUT2D eigenvalue weighted by atomic mass is 9.96. The number of fused-ring (bicyclic) bond motifs is 2. The molecule has 2 aliphatic heterocycles. The Morgan fingerprint density at radius 1 is 1.12 bits per heavy atom. The fourth-order valence-electron chi connectivity index (χ4n) is 4.72. The molecule has 2 aromatic rings. The van der Waals surface area contributed by atoms with Gasteiger partial charge in [0.25, 0.3) is 5.91 Å². The number of benzene rings is 1. The van der Waals surface area contributed by atoms with E-state index in [1.807, 2.05) is 12.1 Å². The SMILES string of the molecule is CC(=O)Nc1ccc(N2C3CCC2CC(NC(=O)C(C)(C)Oc2ccc(Cl)cc2Cl)C3)nc1. The van der Waals surface area contributed by atoms with Crippen LogP contribution in [0.3, 0.4) is 0 Å². The molecule has 0 radical (unpaired) electrons. The van der Waals surface area contributed by atoms with E-state index in [1.165, 1.54) is 6.92 Å². The molecule has 4 rings (SSSR count). The Kier molecular flexibility index (Phi) is 6.73. The van der Waals surface area contributed by atoms with Crippen LogP contribution in [0.25, 0.3) is 0 Å². The minimum Gasteiger partial charge on any atom is -0.476 e. The van der Waals surface area contributed by atoms with Gasteiger partial charge in [-0.3, -0.25) is 9.59 Å². The van der Waals surface area contributed by atoms with Crippen LogP contribution in [-0.2, 0) is 9.59 Å². The molecule has 2 aliphatic rings. The number of pyridine rings is 1. The summed E-state index contributed by atoms with van der Waals surface area (Å²) < 4.78 is 5.94. The normalized spacial score (nSPS) is 22.1. The summed E-state index contributed by atoms with van der Waals surface area (Å²) in [5, 5.41) is 6.81. The van der Waals surface area contributed by atoms with Gasteiger partial charge < -0.3 is 20.3 Å². The Labute approximate surface area is 203 Å². The van der Waals surface area contributed by atoms with Crippen LogP contribution >= 0.6 is 23.2 Å². The van der Waals surface area contributed by atoms with E-state index in [9.17, 15) is 9.59 Å². The van der Waals surface area contributed by atoms with Crippen molar-refractivity contribution in [3.05, 3.63) is 46.6 Å². The van der Waals surface area contributed by atoms with Crippen LogP contribution < -0.4 is 20.3 Å². The first-order chi connectivity index (χ1) is 15.6. The Morgan fingerprint density at radius 2 is 1.82 bits per heavy atom. The first-order valence-corrected chi connectivity index (χ1v) is 11.8. The number of hydrogen-bond acceptors (Lipinski definition) is 5. The molecule has 9 heteroatoms. The molecule has 2 fully saturated rings. The van der Waals surface area contributed by atoms with Gasteiger partial charge in [-0.15, -0.1) is 0 Å². The number of ether oxygens (including phenoxy) is 1. The van der Waals surface area contributed by atoms with Gasteiger partial charge in [0.1, 0.15) is 11.6 Å². The molecule has 176 valence electrons. The maximum Gasteiger partial charge on any atom is 0.263 e. The highest BCUT2D eigenvalue weighted by Gasteiger charge is 2.43. The topological polar surface area (TPSA) is 83.6 Å². The lowest BCUT2D eigenvalue weighted by molar-refractivity contribution is -0.135. The van der Waals surface area contributed by atoms with Crippen molar-refractivity contribution >= 4 is 46.5 Å². The number of amides is 2. The Morgan fingerprint density at radius 3 is 2.39 bits per heavy atom. The molecule has 2 bridgehead atoms. The minimum absolute atomic E-state index is 0.0634. The molecule has 1 aromatic carbocycles. The number of anilines is 2. The van der Waals surface area contributed by atoms with Gasteiger partial charge in [-0.1, -0.05) is 23.2 Å². The van der Waals surface area contributed by atoms with Gasteiger partial charge in [-0.05, 0) is 69.9 Å². The summed E-state index contributed by atoms with van der Waals surface area (Å²) in [6.07, 6.45) is 5.50. The van der Waals surface area contributed by atoms with Gasteiger partial charge in [0, 0.05) is 30.1 Å². The number of nitrogens with one attached hydrogen (secondary N) is 2. The molecule has 0 spiro atoms. The smallest absolute Gasteiger partial charge is 0.263 e. The quantitative estimate of drug-likeness (QED) is 0.606. The number of halogens is 2. The lowest BCUT2D eigenvalue weighted by Gasteiger charge is -2.40. The second kappa shape index (κ2) is 9.39. The van der Waals surface area contributed by atoms with E-state index in [2.05, 4.69) is 20.5 Å². The molecule has 2 unspecified atom stereocenters. The van der Waals surface area contributed by atoms with E-state index in [4.69, 9.17) is 27.9 Å². The van der Waals surface area contributed by atoms with Crippen LogP contribution in [0.5, 0.6) is 5.75 Å². The Hall–Kier alpha value is -2.51. The van der Waals surface area contributed by atoms with E-state index < -0.39 is 5.60 Å². The standard InChI is InChI=1S/C24H28Cl2N4O3/c1-14(31)28-16-5-9-22(27-13-16)30-18-6-7-19(30)12-17(11-18)29-23(32)24(2,3)33-21-8-4-15(25)10-20(21)26/h4-5,8-10,13,17-19H,6-7,11-12H2,1-3H3,(H,28,31)(H,29,32). The van der Waals surface area contributed by atoms with E-state index in [-0.39, 0.29) is 17.9 Å². The average molecular weight is 491 g/mol. The number of hydrogen-bond donors (Lipinski definition) is 2. The predicted molar refractivity (Wildman–Crippen MR) is 130 cm³/mol. The summed E-state index contributed by atoms with van der Waals surface area (Å²) in [5.41, 5.74) is -0.404. The van der Waals surface area contributed by atoms with Crippen LogP contribution in [0, 0.1) is 0 Å². The van der Waals surface area contributed by atoms with Gasteiger partial charge in [0.15, 0.2) is 5.60 Å². The molecule has 2 saturated heterocycles. The molecule has 2 N–H and O–H groups in total. The molecule has 7 nitrogen and oxygen atoms in total. The van der Waals surface area contributed by atoms with Crippen molar-refractivity contribution in [1.29, 1.82) is 0 Å². The maximum absolute atomic E-state index is 13.1. The third kappa shape index (κ3) is 5.36. The van der Waals surface area contributed by atoms with Gasteiger partial charge in [0.05, 0.1) is 16.9 Å². The van der Waals surface area contributed by atoms with E-state index in [0.29, 0.717) is 33.6 Å². The van der Waals surface area contributed by atoms with Crippen molar-refractivity contribution in [2.75, 3.05) is 10.2 Å². The van der Waals surface area contributed by atoms with E-state index in [0.717, 1.165) is 31.5 Å². The summed E-state index contributed by atoms with van der Waals surface area (Å²) in [5.74, 6) is 1.03. The number of carbonyl (C=O) groups is 2. The van der Waals surface area contributed by atoms with Gasteiger partial charge in [-0.25, -0.2) is 4.98 Å².